The molecule has 0 saturated carbocycles. The first kappa shape index (κ1) is 10.4. The molecule has 1 aliphatic rings. The molecule has 0 fully saturated rings. The summed E-state index contributed by atoms with van der Waals surface area (Å²) < 4.78 is 0. The number of fused-ring (bicyclic) bond motifs is 1. The van der Waals surface area contributed by atoms with Gasteiger partial charge in [-0.15, -0.1) is 12.4 Å². The minimum absolute atomic E-state index is 0. The quantitative estimate of drug-likeness (QED) is 0.667. The van der Waals surface area contributed by atoms with Crippen LogP contribution in [0.4, 0.5) is 5.69 Å². The van der Waals surface area contributed by atoms with E-state index >= 15 is 0 Å². The van der Waals surface area contributed by atoms with E-state index in [1.54, 1.807) is 0 Å². The van der Waals surface area contributed by atoms with Gasteiger partial charge in [-0.05, 0) is 18.1 Å². The van der Waals surface area contributed by atoms with Crippen LogP contribution in [-0.4, -0.2) is 17.8 Å². The molecule has 72 valence electrons. The maximum atomic E-state index is 9.38. The van der Waals surface area contributed by atoms with E-state index in [1.807, 2.05) is 6.07 Å². The molecular formula is C10H14ClNO. The number of nitrogens with one attached hydrogen (secondary N) is 1. The van der Waals surface area contributed by atoms with Gasteiger partial charge in [0.15, 0.2) is 0 Å². The highest BCUT2D eigenvalue weighted by Gasteiger charge is 2.16. The Hall–Kier alpha value is -0.730. The van der Waals surface area contributed by atoms with Crippen molar-refractivity contribution in [3.63, 3.8) is 0 Å². The number of β-amino-alcohol motifs (C(OH)–C–C–N with tert-alkyl or cyclic N) is 1. The van der Waals surface area contributed by atoms with Gasteiger partial charge in [0.25, 0.3) is 0 Å². The molecule has 1 unspecified atom stereocenters. The van der Waals surface area contributed by atoms with Crippen LogP contribution in [0.15, 0.2) is 18.2 Å². The maximum absolute atomic E-state index is 9.38. The first-order chi connectivity index (χ1) is 5.77. The largest absolute Gasteiger partial charge is 0.391 e. The van der Waals surface area contributed by atoms with Crippen molar-refractivity contribution in [1.29, 1.82) is 0 Å². The summed E-state index contributed by atoms with van der Waals surface area (Å²) in [6.07, 6.45) is 0.559. The van der Waals surface area contributed by atoms with Gasteiger partial charge in [-0.2, -0.15) is 0 Å². The average Bonchev–Trinajstić information content (AvgIpc) is 2.04. The maximum Gasteiger partial charge on any atom is 0.0753 e. The third-order valence-electron chi connectivity index (χ3n) is 2.33. The lowest BCUT2D eigenvalue weighted by atomic mass is 9.99. The first-order valence-corrected chi connectivity index (χ1v) is 4.28. The minimum atomic E-state index is -0.223. The molecule has 2 rings (SSSR count). The molecule has 0 bridgehead atoms. The minimum Gasteiger partial charge on any atom is -0.391 e. The van der Waals surface area contributed by atoms with E-state index in [0.29, 0.717) is 6.54 Å². The molecule has 0 aromatic heterocycles. The van der Waals surface area contributed by atoms with E-state index in [2.05, 4.69) is 24.4 Å². The molecule has 0 saturated heterocycles. The predicted molar refractivity (Wildman–Crippen MR) is 56.6 cm³/mol. The molecule has 0 aliphatic carbocycles. The molecule has 1 heterocycles. The average molecular weight is 200 g/mol. The monoisotopic (exact) mass is 199 g/mol. The van der Waals surface area contributed by atoms with Gasteiger partial charge in [-0.3, -0.25) is 0 Å². The fourth-order valence-corrected chi connectivity index (χ4v) is 1.70. The lowest BCUT2D eigenvalue weighted by Crippen LogP contribution is -2.27. The van der Waals surface area contributed by atoms with Crippen LogP contribution in [0.25, 0.3) is 0 Å². The number of halogens is 1. The highest BCUT2D eigenvalue weighted by Crippen LogP contribution is 2.24. The summed E-state index contributed by atoms with van der Waals surface area (Å²) in [5, 5.41) is 12.6. The zero-order chi connectivity index (χ0) is 8.55. The predicted octanol–water partition coefficient (Wildman–Crippen LogP) is 1.75. The summed E-state index contributed by atoms with van der Waals surface area (Å²) in [5.74, 6) is 0. The number of hydrogen-bond acceptors (Lipinski definition) is 2. The van der Waals surface area contributed by atoms with Crippen molar-refractivity contribution >= 4 is 18.1 Å². The SMILES string of the molecule is Cc1cccc2c1NCC(O)C2.Cl. The standard InChI is InChI=1S/C10H13NO.ClH/c1-7-3-2-4-8-5-9(12)6-11-10(7)8;/h2-4,9,11-12H,5-6H2,1H3;1H. The Kier molecular flexibility index (Phi) is 3.17. The van der Waals surface area contributed by atoms with Crippen molar-refractivity contribution in [2.75, 3.05) is 11.9 Å². The van der Waals surface area contributed by atoms with Crippen molar-refractivity contribution in [2.45, 2.75) is 19.4 Å². The zero-order valence-corrected chi connectivity index (χ0v) is 8.40. The van der Waals surface area contributed by atoms with E-state index in [9.17, 15) is 5.11 Å². The Balaban J connectivity index is 0.000000845. The van der Waals surface area contributed by atoms with Crippen LogP contribution in [0.1, 0.15) is 11.1 Å². The topological polar surface area (TPSA) is 32.3 Å². The van der Waals surface area contributed by atoms with Crippen LogP contribution in [0.3, 0.4) is 0 Å². The van der Waals surface area contributed by atoms with Crippen molar-refractivity contribution in [3.8, 4) is 0 Å². The second-order valence-electron chi connectivity index (χ2n) is 3.35. The van der Waals surface area contributed by atoms with Gasteiger partial charge in [-0.1, -0.05) is 18.2 Å². The number of para-hydroxylation sites is 1. The molecule has 0 amide bonds. The Morgan fingerprint density at radius 2 is 2.23 bits per heavy atom. The smallest absolute Gasteiger partial charge is 0.0753 e. The summed E-state index contributed by atoms with van der Waals surface area (Å²) in [6.45, 7) is 2.77. The number of aliphatic hydroxyl groups excluding tert-OH is 1. The summed E-state index contributed by atoms with van der Waals surface area (Å²) in [6, 6.07) is 6.19. The third kappa shape index (κ3) is 1.95. The number of rotatable bonds is 0. The highest BCUT2D eigenvalue weighted by molar-refractivity contribution is 5.85. The lowest BCUT2D eigenvalue weighted by molar-refractivity contribution is 0.184. The van der Waals surface area contributed by atoms with E-state index < -0.39 is 0 Å². The molecule has 13 heavy (non-hydrogen) atoms. The Morgan fingerprint density at radius 1 is 1.46 bits per heavy atom. The Labute approximate surface area is 84.4 Å². The number of anilines is 1. The van der Waals surface area contributed by atoms with Crippen molar-refractivity contribution in [2.24, 2.45) is 0 Å². The van der Waals surface area contributed by atoms with E-state index in [-0.39, 0.29) is 18.5 Å². The molecule has 0 spiro atoms. The molecular weight excluding hydrogens is 186 g/mol. The van der Waals surface area contributed by atoms with Gasteiger partial charge in [0.2, 0.25) is 0 Å². The van der Waals surface area contributed by atoms with Crippen LogP contribution in [-0.2, 0) is 6.42 Å². The van der Waals surface area contributed by atoms with Gasteiger partial charge in [-0.25, -0.2) is 0 Å². The van der Waals surface area contributed by atoms with Crippen LogP contribution in [0.2, 0.25) is 0 Å². The summed E-state index contributed by atoms with van der Waals surface area (Å²) in [7, 11) is 0. The highest BCUT2D eigenvalue weighted by atomic mass is 35.5. The first-order valence-electron chi connectivity index (χ1n) is 4.28. The van der Waals surface area contributed by atoms with Crippen LogP contribution in [0.5, 0.6) is 0 Å². The second-order valence-corrected chi connectivity index (χ2v) is 3.35. The van der Waals surface area contributed by atoms with Crippen LogP contribution in [0, 0.1) is 6.92 Å². The number of aliphatic hydroxyl groups is 1. The fraction of sp³-hybridized carbons (Fsp3) is 0.400. The van der Waals surface area contributed by atoms with Crippen LogP contribution < -0.4 is 5.32 Å². The van der Waals surface area contributed by atoms with Crippen molar-refractivity contribution in [3.05, 3.63) is 29.3 Å². The Morgan fingerprint density at radius 3 is 3.00 bits per heavy atom. The normalized spacial score (nSPS) is 19.7. The molecule has 3 heteroatoms. The molecule has 0 radical (unpaired) electrons. The second kappa shape index (κ2) is 3.99. The van der Waals surface area contributed by atoms with E-state index in [4.69, 9.17) is 0 Å². The molecule has 1 aliphatic heterocycles. The van der Waals surface area contributed by atoms with Gasteiger partial charge in [0.1, 0.15) is 0 Å². The van der Waals surface area contributed by atoms with Crippen LogP contribution >= 0.6 is 12.4 Å². The van der Waals surface area contributed by atoms with Crippen molar-refractivity contribution < 1.29 is 5.11 Å². The number of benzene rings is 1. The Bertz CT molecular complexity index is 301. The molecule has 1 atom stereocenters. The summed E-state index contributed by atoms with van der Waals surface area (Å²) >= 11 is 0. The fourth-order valence-electron chi connectivity index (χ4n) is 1.70. The number of hydrogen-bond donors (Lipinski definition) is 2. The van der Waals surface area contributed by atoms with Gasteiger partial charge < -0.3 is 10.4 Å². The van der Waals surface area contributed by atoms with Crippen molar-refractivity contribution in [1.82, 2.24) is 0 Å². The molecule has 2 N–H and O–H groups in total. The molecule has 1 aromatic carbocycles. The number of aryl methyl sites for hydroxylation is 1. The summed E-state index contributed by atoms with van der Waals surface area (Å²) in [5.41, 5.74) is 3.70. The van der Waals surface area contributed by atoms with Gasteiger partial charge >= 0.3 is 0 Å². The third-order valence-corrected chi connectivity index (χ3v) is 2.33. The van der Waals surface area contributed by atoms with E-state index in [0.717, 1.165) is 6.42 Å². The van der Waals surface area contributed by atoms with Gasteiger partial charge in [0.05, 0.1) is 6.10 Å². The molecule has 1 aromatic rings. The van der Waals surface area contributed by atoms with E-state index in [1.165, 1.54) is 16.8 Å². The summed E-state index contributed by atoms with van der Waals surface area (Å²) in [4.78, 5) is 0. The molecule has 2 nitrogen and oxygen atoms in total. The lowest BCUT2D eigenvalue weighted by Gasteiger charge is -2.23. The van der Waals surface area contributed by atoms with Gasteiger partial charge in [0, 0.05) is 18.7 Å². The zero-order valence-electron chi connectivity index (χ0n) is 7.58.